The molecule has 0 unspecified atom stereocenters. The zero-order chi connectivity index (χ0) is 15.4. The van der Waals surface area contributed by atoms with Crippen LogP contribution in [0, 0.1) is 0 Å². The van der Waals surface area contributed by atoms with Gasteiger partial charge >= 0.3 is 0 Å². The average Bonchev–Trinajstić information content (AvgIpc) is 2.55. The summed E-state index contributed by atoms with van der Waals surface area (Å²) in [6.07, 6.45) is 0. The number of hydrogen-bond acceptors (Lipinski definition) is 4. The summed E-state index contributed by atoms with van der Waals surface area (Å²) in [5, 5.41) is 1.97. The molecule has 1 aliphatic heterocycles. The Kier molecular flexibility index (Phi) is 4.73. The topological polar surface area (TPSA) is 58.6 Å². The lowest BCUT2D eigenvalue weighted by Crippen LogP contribution is -2.41. The lowest BCUT2D eigenvalue weighted by molar-refractivity contribution is 0.0390. The molecule has 1 N–H and O–H groups in total. The van der Waals surface area contributed by atoms with Gasteiger partial charge in [-0.3, -0.25) is 4.90 Å². The van der Waals surface area contributed by atoms with E-state index in [2.05, 4.69) is 9.62 Å². The first kappa shape index (κ1) is 15.4. The summed E-state index contributed by atoms with van der Waals surface area (Å²) in [5.74, 6) is 0. The van der Waals surface area contributed by atoms with Crippen molar-refractivity contribution >= 4 is 20.8 Å². The number of sulfonamides is 1. The minimum Gasteiger partial charge on any atom is -0.379 e. The van der Waals surface area contributed by atoms with Crippen molar-refractivity contribution in [2.45, 2.75) is 4.90 Å². The highest BCUT2D eigenvalue weighted by Crippen LogP contribution is 2.18. The Bertz CT molecular complexity index is 740. The molecule has 22 heavy (non-hydrogen) atoms. The summed E-state index contributed by atoms with van der Waals surface area (Å²) in [7, 11) is -3.46. The molecule has 6 heteroatoms. The minimum absolute atomic E-state index is 0.313. The lowest BCUT2D eigenvalue weighted by Gasteiger charge is -2.26. The fourth-order valence-corrected chi connectivity index (χ4v) is 3.64. The first-order valence-electron chi connectivity index (χ1n) is 7.44. The number of nitrogens with zero attached hydrogens (tertiary/aromatic N) is 1. The van der Waals surface area contributed by atoms with Crippen LogP contribution >= 0.6 is 0 Å². The fourth-order valence-electron chi connectivity index (χ4n) is 2.58. The smallest absolute Gasteiger partial charge is 0.240 e. The van der Waals surface area contributed by atoms with Gasteiger partial charge in [0.15, 0.2) is 0 Å². The zero-order valence-electron chi connectivity index (χ0n) is 12.4. The molecule has 0 radical (unpaired) electrons. The second kappa shape index (κ2) is 6.75. The van der Waals surface area contributed by atoms with Gasteiger partial charge in [0, 0.05) is 26.2 Å². The van der Waals surface area contributed by atoms with Crippen LogP contribution in [-0.2, 0) is 14.8 Å². The van der Waals surface area contributed by atoms with E-state index in [0.717, 1.165) is 37.1 Å². The Morgan fingerprint density at radius 1 is 1.05 bits per heavy atom. The lowest BCUT2D eigenvalue weighted by atomic mass is 10.1. The summed E-state index contributed by atoms with van der Waals surface area (Å²) in [5.41, 5.74) is 0. The van der Waals surface area contributed by atoms with Crippen molar-refractivity contribution in [1.82, 2.24) is 9.62 Å². The molecule has 2 aromatic carbocycles. The van der Waals surface area contributed by atoms with E-state index in [0.29, 0.717) is 18.0 Å². The summed E-state index contributed by atoms with van der Waals surface area (Å²) >= 11 is 0. The van der Waals surface area contributed by atoms with Crippen LogP contribution in [0.15, 0.2) is 47.4 Å². The molecule has 5 nitrogen and oxygen atoms in total. The molecule has 0 atom stereocenters. The average molecular weight is 320 g/mol. The monoisotopic (exact) mass is 320 g/mol. The highest BCUT2D eigenvalue weighted by atomic mass is 32.2. The van der Waals surface area contributed by atoms with Crippen LogP contribution in [0.3, 0.4) is 0 Å². The molecular formula is C16H20N2O3S. The Labute approximate surface area is 130 Å². The van der Waals surface area contributed by atoms with E-state index in [9.17, 15) is 8.42 Å². The van der Waals surface area contributed by atoms with Crippen LogP contribution in [-0.4, -0.2) is 52.7 Å². The SMILES string of the molecule is O=S(=O)(NCCN1CCOCC1)c1ccc2ccccc2c1. The van der Waals surface area contributed by atoms with Gasteiger partial charge in [0.25, 0.3) is 0 Å². The van der Waals surface area contributed by atoms with Gasteiger partial charge in [-0.05, 0) is 22.9 Å². The molecule has 0 saturated carbocycles. The van der Waals surface area contributed by atoms with E-state index in [1.54, 1.807) is 12.1 Å². The molecule has 1 fully saturated rings. The van der Waals surface area contributed by atoms with Crippen LogP contribution in [0.2, 0.25) is 0 Å². The quantitative estimate of drug-likeness (QED) is 0.906. The van der Waals surface area contributed by atoms with Crippen LogP contribution < -0.4 is 4.72 Å². The van der Waals surface area contributed by atoms with E-state index in [-0.39, 0.29) is 0 Å². The van der Waals surface area contributed by atoms with Crippen LogP contribution in [0.25, 0.3) is 10.8 Å². The second-order valence-electron chi connectivity index (χ2n) is 5.36. The number of benzene rings is 2. The summed E-state index contributed by atoms with van der Waals surface area (Å²) < 4.78 is 32.7. The minimum atomic E-state index is -3.46. The molecule has 2 aromatic rings. The van der Waals surface area contributed by atoms with Crippen LogP contribution in [0.1, 0.15) is 0 Å². The standard InChI is InChI=1S/C16H20N2O3S/c19-22(20,17-7-8-18-9-11-21-12-10-18)16-6-5-14-3-1-2-4-15(14)13-16/h1-6,13,17H,7-12H2. The molecule has 1 aliphatic rings. The van der Waals surface area contributed by atoms with E-state index < -0.39 is 10.0 Å². The van der Waals surface area contributed by atoms with Gasteiger partial charge in [0.05, 0.1) is 18.1 Å². The Morgan fingerprint density at radius 3 is 2.55 bits per heavy atom. The number of nitrogens with one attached hydrogen (secondary N) is 1. The largest absolute Gasteiger partial charge is 0.379 e. The van der Waals surface area contributed by atoms with Crippen molar-refractivity contribution in [1.29, 1.82) is 0 Å². The summed E-state index contributed by atoms with van der Waals surface area (Å²) in [6, 6.07) is 12.9. The molecular weight excluding hydrogens is 300 g/mol. The van der Waals surface area contributed by atoms with Gasteiger partial charge in [-0.15, -0.1) is 0 Å². The molecule has 0 aliphatic carbocycles. The maximum absolute atomic E-state index is 12.4. The van der Waals surface area contributed by atoms with Gasteiger partial charge in [-0.25, -0.2) is 13.1 Å². The second-order valence-corrected chi connectivity index (χ2v) is 7.13. The molecule has 0 aromatic heterocycles. The summed E-state index contributed by atoms with van der Waals surface area (Å²) in [6.45, 7) is 4.27. The first-order chi connectivity index (χ1) is 10.6. The Balaban J connectivity index is 1.65. The van der Waals surface area contributed by atoms with Crippen molar-refractivity contribution in [2.24, 2.45) is 0 Å². The molecule has 0 amide bonds. The van der Waals surface area contributed by atoms with Crippen molar-refractivity contribution in [2.75, 3.05) is 39.4 Å². The van der Waals surface area contributed by atoms with Crippen molar-refractivity contribution < 1.29 is 13.2 Å². The predicted octanol–water partition coefficient (Wildman–Crippen LogP) is 1.45. The molecule has 3 rings (SSSR count). The maximum atomic E-state index is 12.4. The Morgan fingerprint density at radius 2 is 1.77 bits per heavy atom. The van der Waals surface area contributed by atoms with Gasteiger partial charge in [0.2, 0.25) is 10.0 Å². The van der Waals surface area contributed by atoms with E-state index in [1.807, 2.05) is 30.3 Å². The van der Waals surface area contributed by atoms with Crippen LogP contribution in [0.4, 0.5) is 0 Å². The number of ether oxygens (including phenoxy) is 1. The normalized spacial score (nSPS) is 16.9. The zero-order valence-corrected chi connectivity index (χ0v) is 13.2. The highest BCUT2D eigenvalue weighted by Gasteiger charge is 2.15. The molecule has 1 heterocycles. The van der Waals surface area contributed by atoms with Crippen molar-refractivity contribution in [3.05, 3.63) is 42.5 Å². The summed E-state index contributed by atoms with van der Waals surface area (Å²) in [4.78, 5) is 2.51. The predicted molar refractivity (Wildman–Crippen MR) is 86.4 cm³/mol. The molecule has 118 valence electrons. The van der Waals surface area contributed by atoms with Gasteiger partial charge < -0.3 is 4.74 Å². The third-order valence-corrected chi connectivity index (χ3v) is 5.31. The number of hydrogen-bond donors (Lipinski definition) is 1. The number of fused-ring (bicyclic) bond motifs is 1. The van der Waals surface area contributed by atoms with Gasteiger partial charge in [-0.2, -0.15) is 0 Å². The van der Waals surface area contributed by atoms with Crippen molar-refractivity contribution in [3.8, 4) is 0 Å². The maximum Gasteiger partial charge on any atom is 0.240 e. The van der Waals surface area contributed by atoms with Gasteiger partial charge in [-0.1, -0.05) is 30.3 Å². The van der Waals surface area contributed by atoms with Gasteiger partial charge in [0.1, 0.15) is 0 Å². The molecule has 1 saturated heterocycles. The van der Waals surface area contributed by atoms with E-state index in [4.69, 9.17) is 4.74 Å². The van der Waals surface area contributed by atoms with E-state index >= 15 is 0 Å². The highest BCUT2D eigenvalue weighted by molar-refractivity contribution is 7.89. The Hall–Kier alpha value is -1.47. The number of morpholine rings is 1. The van der Waals surface area contributed by atoms with E-state index in [1.165, 1.54) is 0 Å². The molecule has 0 bridgehead atoms. The van der Waals surface area contributed by atoms with Crippen molar-refractivity contribution in [3.63, 3.8) is 0 Å². The number of rotatable bonds is 5. The van der Waals surface area contributed by atoms with Crippen LogP contribution in [0.5, 0.6) is 0 Å². The molecule has 0 spiro atoms. The first-order valence-corrected chi connectivity index (χ1v) is 8.92. The fraction of sp³-hybridized carbons (Fsp3) is 0.375. The third kappa shape index (κ3) is 3.64. The third-order valence-electron chi connectivity index (χ3n) is 3.86.